The topological polar surface area (TPSA) is 70.0 Å². The molecule has 17 heavy (non-hydrogen) atoms. The van der Waals surface area contributed by atoms with E-state index < -0.39 is 0 Å². The van der Waals surface area contributed by atoms with Crippen LogP contribution in [0.2, 0.25) is 0 Å². The van der Waals surface area contributed by atoms with Gasteiger partial charge in [0.25, 0.3) is 5.56 Å². The monoisotopic (exact) mass is 347 g/mol. The van der Waals surface area contributed by atoms with Gasteiger partial charge in [0.05, 0.1) is 10.1 Å². The third kappa shape index (κ3) is 2.33. The van der Waals surface area contributed by atoms with Crippen molar-refractivity contribution in [2.24, 2.45) is 7.05 Å². The van der Waals surface area contributed by atoms with Gasteiger partial charge in [0, 0.05) is 19.3 Å². The molecule has 2 heterocycles. The fourth-order valence-electron chi connectivity index (χ4n) is 1.48. The number of halogens is 1. The van der Waals surface area contributed by atoms with Crippen LogP contribution in [0.4, 0.5) is 0 Å². The first-order valence-electron chi connectivity index (χ1n) is 4.87. The van der Waals surface area contributed by atoms with Crippen LogP contribution in [0.25, 0.3) is 0 Å². The van der Waals surface area contributed by atoms with Gasteiger partial charge in [-0.2, -0.15) is 0 Å². The number of aryl methyl sites for hydroxylation is 2. The predicted molar refractivity (Wildman–Crippen MR) is 69.0 cm³/mol. The van der Waals surface area contributed by atoms with Crippen molar-refractivity contribution in [3.63, 3.8) is 0 Å². The van der Waals surface area contributed by atoms with Crippen molar-refractivity contribution in [1.82, 2.24) is 14.3 Å². The lowest BCUT2D eigenvalue weighted by molar-refractivity contribution is 0.387. The largest absolute Gasteiger partial charge is 0.361 e. The van der Waals surface area contributed by atoms with Crippen molar-refractivity contribution in [3.8, 4) is 0 Å². The highest BCUT2D eigenvalue weighted by atomic mass is 127. The highest BCUT2D eigenvalue weighted by Crippen LogP contribution is 2.02. The molecule has 0 amide bonds. The lowest BCUT2D eigenvalue weighted by Crippen LogP contribution is -2.40. The second-order valence-corrected chi connectivity index (χ2v) is 4.85. The fourth-order valence-corrected chi connectivity index (χ4v) is 2.19. The van der Waals surface area contributed by atoms with Crippen molar-refractivity contribution in [2.75, 3.05) is 0 Å². The maximum Gasteiger partial charge on any atom is 0.331 e. The van der Waals surface area contributed by atoms with Crippen LogP contribution in [0.3, 0.4) is 0 Å². The Labute approximate surface area is 110 Å². The minimum Gasteiger partial charge on any atom is -0.361 e. The highest BCUT2D eigenvalue weighted by Gasteiger charge is 2.10. The van der Waals surface area contributed by atoms with Crippen molar-refractivity contribution in [3.05, 3.63) is 48.1 Å². The molecule has 0 aliphatic carbocycles. The number of aromatic nitrogens is 3. The molecule has 0 saturated carbocycles. The Hall–Kier alpha value is -1.38. The van der Waals surface area contributed by atoms with Crippen LogP contribution in [0.5, 0.6) is 0 Å². The van der Waals surface area contributed by atoms with Crippen LogP contribution >= 0.6 is 22.6 Å². The molecule has 0 bridgehead atoms. The molecule has 0 fully saturated rings. The number of rotatable bonds is 2. The Bertz CT molecular complexity index is 634. The molecule has 2 aromatic heterocycles. The third-order valence-corrected chi connectivity index (χ3v) is 3.03. The zero-order valence-electron chi connectivity index (χ0n) is 9.31. The molecule has 7 heteroatoms. The molecule has 90 valence electrons. The van der Waals surface area contributed by atoms with E-state index in [4.69, 9.17) is 4.52 Å². The van der Waals surface area contributed by atoms with Gasteiger partial charge in [0.2, 0.25) is 0 Å². The molecule has 6 nitrogen and oxygen atoms in total. The summed E-state index contributed by atoms with van der Waals surface area (Å²) in [5.74, 6) is 0.649. The van der Waals surface area contributed by atoms with Crippen molar-refractivity contribution in [1.29, 1.82) is 0 Å². The van der Waals surface area contributed by atoms with Crippen LogP contribution < -0.4 is 11.2 Å². The Morgan fingerprint density at radius 2 is 2.18 bits per heavy atom. The standard InChI is InChI=1S/C10H10IN3O3/c1-6-3-7(12-17-6)4-14-9(15)8(11)5-13(2)10(14)16/h3,5H,4H2,1-2H3. The van der Waals surface area contributed by atoms with E-state index in [1.165, 1.54) is 10.8 Å². The number of hydrogen-bond acceptors (Lipinski definition) is 4. The van der Waals surface area contributed by atoms with Gasteiger partial charge in [-0.25, -0.2) is 4.79 Å². The second-order valence-electron chi connectivity index (χ2n) is 3.69. The van der Waals surface area contributed by atoms with Crippen LogP contribution in [0, 0.1) is 10.5 Å². The number of nitrogens with zero attached hydrogens (tertiary/aromatic N) is 3. The molecule has 0 aromatic carbocycles. The van der Waals surface area contributed by atoms with E-state index in [0.29, 0.717) is 15.0 Å². The molecule has 0 saturated heterocycles. The molecule has 0 N–H and O–H groups in total. The average Bonchev–Trinajstić information content (AvgIpc) is 2.68. The minimum absolute atomic E-state index is 0.125. The molecule has 2 aromatic rings. The first kappa shape index (κ1) is 12.1. The maximum atomic E-state index is 11.8. The summed E-state index contributed by atoms with van der Waals surface area (Å²) in [6, 6.07) is 1.70. The zero-order valence-corrected chi connectivity index (χ0v) is 11.5. The van der Waals surface area contributed by atoms with E-state index >= 15 is 0 Å². The lowest BCUT2D eigenvalue weighted by atomic mass is 10.4. The Morgan fingerprint density at radius 1 is 1.47 bits per heavy atom. The summed E-state index contributed by atoms with van der Waals surface area (Å²) in [6.07, 6.45) is 1.51. The molecular weight excluding hydrogens is 337 g/mol. The minimum atomic E-state index is -0.365. The van der Waals surface area contributed by atoms with Crippen LogP contribution in [-0.2, 0) is 13.6 Å². The molecule has 0 unspecified atom stereocenters. The van der Waals surface area contributed by atoms with E-state index in [-0.39, 0.29) is 17.8 Å². The molecule has 0 aliphatic rings. The Kier molecular flexibility index (Phi) is 3.18. The summed E-state index contributed by atoms with van der Waals surface area (Å²) in [4.78, 5) is 23.7. The molecule has 2 rings (SSSR count). The van der Waals surface area contributed by atoms with Gasteiger partial charge in [0.15, 0.2) is 0 Å². The Balaban J connectivity index is 2.53. The fraction of sp³-hybridized carbons (Fsp3) is 0.300. The van der Waals surface area contributed by atoms with Crippen LogP contribution in [0.1, 0.15) is 11.5 Å². The summed E-state index contributed by atoms with van der Waals surface area (Å²) in [6.45, 7) is 1.88. The highest BCUT2D eigenvalue weighted by molar-refractivity contribution is 14.1. The zero-order chi connectivity index (χ0) is 12.6. The van der Waals surface area contributed by atoms with Crippen molar-refractivity contribution in [2.45, 2.75) is 13.5 Å². The first-order valence-corrected chi connectivity index (χ1v) is 5.95. The lowest BCUT2D eigenvalue weighted by Gasteiger charge is -2.05. The van der Waals surface area contributed by atoms with Gasteiger partial charge in [-0.3, -0.25) is 9.36 Å². The molecular formula is C10H10IN3O3. The van der Waals surface area contributed by atoms with Gasteiger partial charge in [-0.15, -0.1) is 0 Å². The summed E-state index contributed by atoms with van der Waals surface area (Å²) >= 11 is 1.90. The van der Waals surface area contributed by atoms with Gasteiger partial charge < -0.3 is 9.09 Å². The van der Waals surface area contributed by atoms with E-state index in [1.807, 2.05) is 22.6 Å². The summed E-state index contributed by atoms with van der Waals surface area (Å²) < 4.78 is 7.90. The van der Waals surface area contributed by atoms with E-state index in [1.54, 1.807) is 20.0 Å². The van der Waals surface area contributed by atoms with Gasteiger partial charge in [0.1, 0.15) is 11.5 Å². The molecule has 0 aliphatic heterocycles. The van der Waals surface area contributed by atoms with E-state index in [0.717, 1.165) is 4.57 Å². The van der Waals surface area contributed by atoms with Crippen molar-refractivity contribution < 1.29 is 4.52 Å². The third-order valence-electron chi connectivity index (χ3n) is 2.29. The van der Waals surface area contributed by atoms with Crippen molar-refractivity contribution >= 4 is 22.6 Å². The van der Waals surface area contributed by atoms with E-state index in [9.17, 15) is 9.59 Å². The maximum absolute atomic E-state index is 11.8. The Morgan fingerprint density at radius 3 is 2.76 bits per heavy atom. The van der Waals surface area contributed by atoms with Gasteiger partial charge in [-0.1, -0.05) is 5.16 Å². The first-order chi connectivity index (χ1) is 7.99. The molecule has 0 radical (unpaired) electrons. The van der Waals surface area contributed by atoms with Gasteiger partial charge in [-0.05, 0) is 29.5 Å². The SMILES string of the molecule is Cc1cc(Cn2c(=O)c(I)cn(C)c2=O)no1. The van der Waals surface area contributed by atoms with Crippen LogP contribution in [-0.4, -0.2) is 14.3 Å². The summed E-state index contributed by atoms with van der Waals surface area (Å²) in [7, 11) is 1.61. The van der Waals surface area contributed by atoms with Gasteiger partial charge >= 0.3 is 5.69 Å². The molecule has 0 spiro atoms. The number of hydrogen-bond donors (Lipinski definition) is 0. The predicted octanol–water partition coefficient (Wildman–Crippen LogP) is 0.496. The summed E-state index contributed by atoms with van der Waals surface area (Å²) in [5, 5.41) is 3.77. The molecule has 0 atom stereocenters. The summed E-state index contributed by atoms with van der Waals surface area (Å²) in [5.41, 5.74) is -0.117. The second kappa shape index (κ2) is 4.47. The smallest absolute Gasteiger partial charge is 0.331 e. The van der Waals surface area contributed by atoms with Crippen LogP contribution in [0.15, 0.2) is 26.4 Å². The normalized spacial score (nSPS) is 10.8. The quantitative estimate of drug-likeness (QED) is 0.742. The van der Waals surface area contributed by atoms with E-state index in [2.05, 4.69) is 5.16 Å². The average molecular weight is 347 g/mol.